The molecule has 0 aromatic heterocycles. The van der Waals surface area contributed by atoms with Crippen LogP contribution in [0.1, 0.15) is 33.1 Å². The van der Waals surface area contributed by atoms with Gasteiger partial charge in [0, 0.05) is 17.7 Å². The van der Waals surface area contributed by atoms with Crippen molar-refractivity contribution in [3.63, 3.8) is 0 Å². The lowest BCUT2D eigenvalue weighted by molar-refractivity contribution is -0.134. The number of amidine groups is 1. The topological polar surface area (TPSA) is 41.9 Å². The lowest BCUT2D eigenvalue weighted by atomic mass is 9.84. The van der Waals surface area contributed by atoms with Crippen LogP contribution in [0.3, 0.4) is 0 Å². The molecule has 3 rings (SSSR count). The molecule has 1 heterocycles. The maximum absolute atomic E-state index is 12.6. The Balaban J connectivity index is 1.87. The molecular weight excluding hydrogens is 296 g/mol. The summed E-state index contributed by atoms with van der Waals surface area (Å²) < 4.78 is 5.63. The average Bonchev–Trinajstić information content (AvgIpc) is 2.80. The molecular formula is C17H22N2O2S. The van der Waals surface area contributed by atoms with Crippen LogP contribution in [-0.2, 0) is 4.79 Å². The summed E-state index contributed by atoms with van der Waals surface area (Å²) in [4.78, 5) is 19.3. The fraction of sp³-hybridized carbons (Fsp3) is 0.529. The molecule has 4 nitrogen and oxygen atoms in total. The van der Waals surface area contributed by atoms with E-state index in [1.54, 1.807) is 11.8 Å². The van der Waals surface area contributed by atoms with Gasteiger partial charge in [-0.2, -0.15) is 0 Å². The van der Waals surface area contributed by atoms with E-state index in [9.17, 15) is 4.79 Å². The number of para-hydroxylation sites is 2. The summed E-state index contributed by atoms with van der Waals surface area (Å²) in [6, 6.07) is 7.97. The molecule has 2 fully saturated rings. The minimum atomic E-state index is 0.202. The Hall–Kier alpha value is -1.49. The number of carbonyl (C=O) groups is 1. The summed E-state index contributed by atoms with van der Waals surface area (Å²) in [6.45, 7) is 4.67. The predicted octanol–water partition coefficient (Wildman–Crippen LogP) is 3.84. The Labute approximate surface area is 135 Å². The van der Waals surface area contributed by atoms with Crippen LogP contribution >= 0.6 is 11.8 Å². The number of nitrogens with zero attached hydrogens (tertiary/aromatic N) is 2. The van der Waals surface area contributed by atoms with Gasteiger partial charge in [0.15, 0.2) is 5.17 Å². The van der Waals surface area contributed by atoms with Gasteiger partial charge in [-0.1, -0.05) is 30.3 Å². The van der Waals surface area contributed by atoms with Gasteiger partial charge >= 0.3 is 0 Å². The van der Waals surface area contributed by atoms with Crippen molar-refractivity contribution < 1.29 is 9.53 Å². The van der Waals surface area contributed by atoms with Crippen LogP contribution in [0.4, 0.5) is 5.69 Å². The first kappa shape index (κ1) is 15.4. The Morgan fingerprint density at radius 2 is 2.18 bits per heavy atom. The maximum Gasteiger partial charge on any atom is 0.231 e. The maximum atomic E-state index is 12.6. The van der Waals surface area contributed by atoms with Gasteiger partial charge in [0.2, 0.25) is 5.91 Å². The summed E-state index contributed by atoms with van der Waals surface area (Å²) in [5.41, 5.74) is 0.798. The minimum absolute atomic E-state index is 0.202. The summed E-state index contributed by atoms with van der Waals surface area (Å²) in [6.07, 6.45) is 3.22. The predicted molar refractivity (Wildman–Crippen MR) is 90.8 cm³/mol. The molecule has 1 atom stereocenters. The molecule has 118 valence electrons. The number of thioether (sulfide) groups is 1. The van der Waals surface area contributed by atoms with Crippen LogP contribution in [0.2, 0.25) is 0 Å². The van der Waals surface area contributed by atoms with Crippen molar-refractivity contribution in [1.29, 1.82) is 0 Å². The van der Waals surface area contributed by atoms with Crippen molar-refractivity contribution in [3.05, 3.63) is 24.3 Å². The van der Waals surface area contributed by atoms with Crippen LogP contribution < -0.4 is 4.74 Å². The molecule has 0 bridgehead atoms. The fourth-order valence-corrected chi connectivity index (χ4v) is 3.82. The van der Waals surface area contributed by atoms with Crippen molar-refractivity contribution in [2.75, 3.05) is 12.4 Å². The van der Waals surface area contributed by atoms with Crippen molar-refractivity contribution in [3.8, 4) is 5.75 Å². The minimum Gasteiger partial charge on any atom is -0.492 e. The first-order chi connectivity index (χ1) is 10.7. The van der Waals surface area contributed by atoms with E-state index in [-0.39, 0.29) is 17.9 Å². The summed E-state index contributed by atoms with van der Waals surface area (Å²) >= 11 is 1.66. The molecule has 22 heavy (non-hydrogen) atoms. The molecule has 1 aliphatic carbocycles. The first-order valence-corrected chi connectivity index (χ1v) is 8.95. The van der Waals surface area contributed by atoms with Crippen molar-refractivity contribution in [1.82, 2.24) is 4.90 Å². The average molecular weight is 318 g/mol. The van der Waals surface area contributed by atoms with Crippen LogP contribution in [-0.4, -0.2) is 34.4 Å². The molecule has 1 aromatic carbocycles. The van der Waals surface area contributed by atoms with E-state index in [0.29, 0.717) is 6.61 Å². The number of ether oxygens (including phenoxy) is 1. The standard InChI is InChI=1S/C17H22N2O2S/c1-3-21-15-10-5-4-9-14(15)18-17-19(12(2)11-22-17)16(20)13-7-6-8-13/h4-5,9-10,12-13H,3,6-8,11H2,1-2H3. The highest BCUT2D eigenvalue weighted by molar-refractivity contribution is 8.14. The highest BCUT2D eigenvalue weighted by Gasteiger charge is 2.38. The largest absolute Gasteiger partial charge is 0.492 e. The van der Waals surface area contributed by atoms with Crippen LogP contribution in [0.25, 0.3) is 0 Å². The van der Waals surface area contributed by atoms with Crippen molar-refractivity contribution in [2.45, 2.75) is 39.2 Å². The summed E-state index contributed by atoms with van der Waals surface area (Å²) in [5.74, 6) is 2.13. The summed E-state index contributed by atoms with van der Waals surface area (Å²) in [5, 5.41) is 0.816. The van der Waals surface area contributed by atoms with Gasteiger partial charge in [0.05, 0.1) is 6.61 Å². The molecule has 1 saturated heterocycles. The van der Waals surface area contributed by atoms with Crippen molar-refractivity contribution in [2.24, 2.45) is 10.9 Å². The quantitative estimate of drug-likeness (QED) is 0.847. The number of benzene rings is 1. The number of aliphatic imine (C=N–C) groups is 1. The number of carbonyl (C=O) groups excluding carboxylic acids is 1. The highest BCUT2D eigenvalue weighted by atomic mass is 32.2. The Morgan fingerprint density at radius 1 is 1.41 bits per heavy atom. The fourth-order valence-electron chi connectivity index (χ4n) is 2.71. The molecule has 1 aromatic rings. The normalized spacial score (nSPS) is 23.6. The van der Waals surface area contributed by atoms with Gasteiger partial charge < -0.3 is 4.74 Å². The lowest BCUT2D eigenvalue weighted by Crippen LogP contribution is -2.43. The lowest BCUT2D eigenvalue weighted by Gasteiger charge is -2.31. The third-order valence-corrected chi connectivity index (χ3v) is 5.37. The monoisotopic (exact) mass is 318 g/mol. The van der Waals surface area contributed by atoms with E-state index in [1.165, 1.54) is 6.42 Å². The Morgan fingerprint density at radius 3 is 2.86 bits per heavy atom. The molecule has 1 aliphatic heterocycles. The zero-order valence-corrected chi connectivity index (χ0v) is 13.9. The van der Waals surface area contributed by atoms with Gasteiger partial charge in [-0.15, -0.1) is 0 Å². The molecule has 2 aliphatic rings. The number of rotatable bonds is 4. The molecule has 1 amide bonds. The SMILES string of the molecule is CCOc1ccccc1N=C1SCC(C)N1C(=O)C1CCC1. The molecule has 5 heteroatoms. The zero-order valence-electron chi connectivity index (χ0n) is 13.1. The van der Waals surface area contributed by atoms with E-state index >= 15 is 0 Å². The highest BCUT2D eigenvalue weighted by Crippen LogP contribution is 2.35. The van der Waals surface area contributed by atoms with Crippen molar-refractivity contribution >= 4 is 28.5 Å². The molecule has 0 radical (unpaired) electrons. The van der Waals surface area contributed by atoms with E-state index in [2.05, 4.69) is 6.92 Å². The van der Waals surface area contributed by atoms with Crippen LogP contribution in [0, 0.1) is 5.92 Å². The summed E-state index contributed by atoms with van der Waals surface area (Å²) in [7, 11) is 0. The molecule has 1 saturated carbocycles. The molecule has 1 unspecified atom stereocenters. The van der Waals surface area contributed by atoms with Gasteiger partial charge in [-0.3, -0.25) is 9.69 Å². The first-order valence-electron chi connectivity index (χ1n) is 7.97. The smallest absolute Gasteiger partial charge is 0.231 e. The number of hydrogen-bond donors (Lipinski definition) is 0. The molecule has 0 N–H and O–H groups in total. The van der Waals surface area contributed by atoms with E-state index in [1.807, 2.05) is 36.1 Å². The van der Waals surface area contributed by atoms with E-state index < -0.39 is 0 Å². The Bertz CT molecular complexity index is 584. The van der Waals surface area contributed by atoms with Crippen LogP contribution in [0.5, 0.6) is 5.75 Å². The second-order valence-corrected chi connectivity index (χ2v) is 6.78. The van der Waals surface area contributed by atoms with Gasteiger partial charge in [-0.05, 0) is 38.8 Å². The van der Waals surface area contributed by atoms with Gasteiger partial charge in [0.25, 0.3) is 0 Å². The second kappa shape index (κ2) is 6.73. The van der Waals surface area contributed by atoms with Gasteiger partial charge in [0.1, 0.15) is 11.4 Å². The van der Waals surface area contributed by atoms with E-state index in [0.717, 1.165) is 35.2 Å². The van der Waals surface area contributed by atoms with Crippen LogP contribution in [0.15, 0.2) is 29.3 Å². The third kappa shape index (κ3) is 3.00. The van der Waals surface area contributed by atoms with Gasteiger partial charge in [-0.25, -0.2) is 4.99 Å². The number of hydrogen-bond acceptors (Lipinski definition) is 4. The molecule has 0 spiro atoms. The van der Waals surface area contributed by atoms with E-state index in [4.69, 9.17) is 9.73 Å². The number of amides is 1. The second-order valence-electron chi connectivity index (χ2n) is 5.79. The Kier molecular flexibility index (Phi) is 4.71. The zero-order chi connectivity index (χ0) is 15.5. The third-order valence-electron chi connectivity index (χ3n) is 4.17.